The summed E-state index contributed by atoms with van der Waals surface area (Å²) in [5.41, 5.74) is 0. The fourth-order valence-electron chi connectivity index (χ4n) is 13.3. The summed E-state index contributed by atoms with van der Waals surface area (Å²) in [5, 5.41) is 59.8. The van der Waals surface area contributed by atoms with Crippen molar-refractivity contribution in [2.24, 2.45) is 35.5 Å². The van der Waals surface area contributed by atoms with Crippen molar-refractivity contribution in [1.29, 1.82) is 0 Å². The van der Waals surface area contributed by atoms with Gasteiger partial charge in [-0.2, -0.15) is 50.5 Å². The van der Waals surface area contributed by atoms with E-state index in [9.17, 15) is 116 Å². The van der Waals surface area contributed by atoms with E-state index in [1.165, 1.54) is 34.6 Å². The third kappa shape index (κ3) is 32.8. The van der Waals surface area contributed by atoms with Crippen LogP contribution in [-0.4, -0.2) is 333 Å². The molecule has 61 nitrogen and oxygen atoms in total. The van der Waals surface area contributed by atoms with Crippen LogP contribution >= 0.6 is 12.0 Å². The smallest absolute Gasteiger partial charge is 0.389 e. The van der Waals surface area contributed by atoms with Crippen LogP contribution in [0.25, 0.3) is 0 Å². The van der Waals surface area contributed by atoms with Gasteiger partial charge >= 0.3 is 112 Å². The highest BCUT2D eigenvalue weighted by atomic mass is 32.3. The summed E-state index contributed by atoms with van der Waals surface area (Å²) in [4.78, 5) is 41.6. The molecule has 7 rings (SSSR count). The Labute approximate surface area is 701 Å². The number of rotatable bonds is 50. The van der Waals surface area contributed by atoms with Gasteiger partial charge in [0, 0.05) is 47.6 Å². The maximum atomic E-state index is 12.5. The van der Waals surface area contributed by atoms with E-state index in [1.54, 1.807) is 0 Å². The van der Waals surface area contributed by atoms with Crippen LogP contribution in [0.5, 0.6) is 0 Å². The van der Waals surface area contributed by atoms with E-state index in [1.807, 2.05) is 0 Å². The van der Waals surface area contributed by atoms with Crippen LogP contribution in [0.3, 0.4) is 0 Å². The molecule has 7 heterocycles. The van der Waals surface area contributed by atoms with Crippen molar-refractivity contribution in [3.8, 4) is 0 Å². The van der Waals surface area contributed by atoms with Gasteiger partial charge in [0.15, 0.2) is 68.4 Å². The summed E-state index contributed by atoms with van der Waals surface area (Å²) in [5.74, 6) is -10.1. The van der Waals surface area contributed by atoms with E-state index in [0.717, 1.165) is 13.8 Å². The summed E-state index contributed by atoms with van der Waals surface area (Å²) >= 11 is -26.5. The van der Waals surface area contributed by atoms with E-state index in [0.29, 0.717) is 0 Å². The third-order valence-electron chi connectivity index (χ3n) is 18.3. The van der Waals surface area contributed by atoms with Crippen molar-refractivity contribution in [3.63, 3.8) is 0 Å². The second-order valence-electron chi connectivity index (χ2n) is 25.9. The maximum absolute atomic E-state index is 12.5. The zero-order valence-corrected chi connectivity index (χ0v) is 70.5. The molecule has 0 radical (unpaired) electrons. The van der Waals surface area contributed by atoms with Crippen molar-refractivity contribution in [3.05, 3.63) is 0 Å². The molecule has 0 aromatic heterocycles. The quantitative estimate of drug-likeness (QED) is 0.00676. The Morgan fingerprint density at radius 2 is 0.658 bits per heavy atom. The van der Waals surface area contributed by atoms with Gasteiger partial charge in [-0.3, -0.25) is 45.5 Å². The number of aliphatic hydroxyl groups is 4. The van der Waals surface area contributed by atoms with Crippen LogP contribution in [0.1, 0.15) is 54.9 Å². The van der Waals surface area contributed by atoms with E-state index < -0.39 is 358 Å². The molecule has 0 aromatic carbocycles. The van der Waals surface area contributed by atoms with E-state index >= 15 is 0 Å². The van der Waals surface area contributed by atoms with E-state index in [-0.39, 0.29) is 18.5 Å². The highest BCUT2D eigenvalue weighted by Gasteiger charge is 2.58. The van der Waals surface area contributed by atoms with Gasteiger partial charge in [0.1, 0.15) is 54.9 Å². The molecule has 22 unspecified atom stereocenters. The fourth-order valence-corrected chi connectivity index (χ4v) is 16.2. The first kappa shape index (κ1) is 107. The molecule has 72 heteroatoms. The Morgan fingerprint density at radius 1 is 0.333 bits per heavy atom. The molecule has 0 saturated carbocycles. The average molecular weight is 1990 g/mol. The van der Waals surface area contributed by atoms with Gasteiger partial charge in [0.2, 0.25) is 0 Å². The van der Waals surface area contributed by atoms with Gasteiger partial charge < -0.3 is 82.0 Å². The molecule has 0 amide bonds. The van der Waals surface area contributed by atoms with Gasteiger partial charge in [-0.1, -0.05) is 0 Å². The number of aliphatic hydroxyl groups excluding tert-OH is 4. The molecule has 7 aliphatic heterocycles. The first-order valence-corrected chi connectivity index (χ1v) is 45.3. The summed E-state index contributed by atoms with van der Waals surface area (Å²) in [6.45, 7) is 2.47. The summed E-state index contributed by atoms with van der Waals surface area (Å²) in [6.07, 6.45) is -52.4. The monoisotopic (exact) mass is 1990 g/mol. The average Bonchev–Trinajstić information content (AvgIpc) is 0.776. The molecular weight excluding hydrogens is 1910 g/mol. The summed E-state index contributed by atoms with van der Waals surface area (Å²) in [6, 6.07) is 0. The summed E-state index contributed by atoms with van der Waals surface area (Å²) < 4.78 is 373. The summed E-state index contributed by atoms with van der Waals surface area (Å²) in [7, 11) is -11.3. The third-order valence-corrected chi connectivity index (χ3v) is 21.8. The molecule has 0 aliphatic carbocycles. The van der Waals surface area contributed by atoms with Gasteiger partial charge in [-0.25, -0.2) is 52.7 Å². The first-order chi connectivity index (χ1) is 56.4. The lowest BCUT2D eigenvalue weighted by Crippen LogP contribution is -2.62. The molecule has 42 atom stereocenters. The largest absolute Gasteiger partial charge is 0.397 e. The van der Waals surface area contributed by atoms with Crippen LogP contribution in [0, 0.1) is 35.5 Å². The predicted octanol–water partition coefficient (Wildman–Crippen LogP) is -5.16. The predicted molar refractivity (Wildman–Crippen MR) is 366 cm³/mol. The number of hydrogen-bond acceptors (Lipinski definition) is 52. The lowest BCUT2D eigenvalue weighted by molar-refractivity contribution is -0.591. The molecule has 7 saturated heterocycles. The normalized spacial score (nSPS) is 40.8. The van der Waals surface area contributed by atoms with Crippen molar-refractivity contribution < 1.29 is 280 Å². The molecule has 708 valence electrons. The van der Waals surface area contributed by atoms with Crippen molar-refractivity contribution in [2.45, 2.75) is 226 Å². The van der Waals surface area contributed by atoms with Crippen molar-refractivity contribution in [2.75, 3.05) is 39.6 Å². The van der Waals surface area contributed by atoms with Crippen molar-refractivity contribution in [1.82, 2.24) is 0 Å². The van der Waals surface area contributed by atoms with E-state index in [2.05, 4.69) is 44.6 Å². The van der Waals surface area contributed by atoms with Crippen LogP contribution in [-0.2, 0) is 270 Å². The molecule has 7 aliphatic rings. The standard InChI is InChI=1S/C48H84O61S11/c1-15-8-22(35(42(52)82-15)93-106-115(62)63)9-76-43-25(24(31(17(3)84-43)89-102-111(54)55)11-80-48-40(96-109-118(68)69)39(98-120(73,74)75)34(20(6)87-48)92-105-114(60)61)12-77-44-26(13-78-45-30(51)37(97-119(70,71)72)28(49)16(2)83-45)23(32(18(4)85-44)90-103-112(56)57)10-79-46-36(94-107-116(64)65)27(33(19(5)86-46)91-104-113(58)59)14-81-47-38(95-108-117(66)67)29(50)41(21(7)88-47)110-101-100-99-53/h15-53H,8-14H2,1-7H3,(H,54,55)(H,56,57)(H,58,59)(H,60,61)(H,62,63)(H,64,65)(H,66,67)(H,68,69)(H,70,71,72)(H,73,74,75)/t15?,16?,17?,18?,19?,20?,21?,22-,23-,24-,25?,26?,27+,28-,29-,30?,31-,32-,33-,34-,35?,36?,37+,38?,39+,40?,41-,42-,43-,44-,45-,46-,47-,48-/m1/s1. The van der Waals surface area contributed by atoms with Gasteiger partial charge in [-0.15, -0.1) is 39.0 Å². The van der Waals surface area contributed by atoms with Crippen molar-refractivity contribution >= 4 is 124 Å². The molecule has 15 N–H and O–H groups in total. The van der Waals surface area contributed by atoms with Crippen LogP contribution in [0.15, 0.2) is 0 Å². The van der Waals surface area contributed by atoms with Crippen LogP contribution < -0.4 is 0 Å². The lowest BCUT2D eigenvalue weighted by Gasteiger charge is -2.49. The molecule has 7 fully saturated rings. The van der Waals surface area contributed by atoms with Gasteiger partial charge in [-0.05, 0) is 65.0 Å². The Morgan fingerprint density at radius 3 is 1.11 bits per heavy atom. The Bertz CT molecular complexity index is 3540. The second-order valence-corrected chi connectivity index (χ2v) is 33.4. The highest BCUT2D eigenvalue weighted by molar-refractivity contribution is 7.95. The Hall–Kier alpha value is -0.510. The minimum atomic E-state index is -5.75. The fraction of sp³-hybridized carbons (Fsp3) is 1.00. The lowest BCUT2D eigenvalue weighted by atomic mass is 9.82. The number of ether oxygens (including phenoxy) is 13. The second kappa shape index (κ2) is 50.8. The Balaban J connectivity index is 1.37. The van der Waals surface area contributed by atoms with Gasteiger partial charge in [0.25, 0.3) is 0 Å². The zero-order chi connectivity index (χ0) is 88.9. The first-order valence-electron chi connectivity index (χ1n) is 33.6. The minimum absolute atomic E-state index is 0.137. The molecule has 0 spiro atoms. The van der Waals surface area contributed by atoms with E-state index in [4.69, 9.17) is 119 Å². The minimum Gasteiger partial charge on any atom is -0.389 e. The van der Waals surface area contributed by atoms with Crippen LogP contribution in [0.4, 0.5) is 0 Å². The highest BCUT2D eigenvalue weighted by Crippen LogP contribution is 2.44. The Kier molecular flexibility index (Phi) is 45.1. The topological polar surface area (TPSA) is 822 Å². The SMILES string of the molecule is CC1C[C@H](CO[C@@H]2OC(C)[C@@H](OOS(=O)O)[C@H](CO[C@@H]3OC(C)[C@@H](OOS(=O)O)[C@H](OS(=O)(=O)O)C3OOS(=O)O)C2CO[C@@H]2OC(C)[C@@H](OOS(=O)O)[C@H](CO[C@@H]3OC(C)[C@@H](OOS(=O)O)[C@H](CO[C@@H]4OC(C)[C@@H](SOOOO)[C@H](O)C4OOS(=O)O)C3OOS(=O)O)C2CO[C@@H]2OC(C)[C@@H](O)[C@H](OS(=O)(=O)O)C2O)C(OOS(=O)O)[C@H](O)O1. The number of hydrogen-bond donors (Lipinski definition) is 15. The molecular formula is C48H84O61S11. The maximum Gasteiger partial charge on any atom is 0.397 e. The molecule has 0 bridgehead atoms. The molecule has 120 heavy (non-hydrogen) atoms. The zero-order valence-electron chi connectivity index (χ0n) is 61.6. The van der Waals surface area contributed by atoms with Crippen LogP contribution in [0.2, 0.25) is 0 Å². The van der Waals surface area contributed by atoms with Gasteiger partial charge in [0.05, 0.1) is 87.6 Å². The molecule has 0 aromatic rings.